The van der Waals surface area contributed by atoms with Crippen molar-refractivity contribution in [3.63, 3.8) is 0 Å². The maximum Gasteiger partial charge on any atom is 0.184 e. The molecule has 0 amide bonds. The van der Waals surface area contributed by atoms with Crippen molar-refractivity contribution in [1.82, 2.24) is 10.4 Å². The highest BCUT2D eigenvalue weighted by atomic mass is 32.1. The zero-order valence-electron chi connectivity index (χ0n) is 14.1. The van der Waals surface area contributed by atoms with E-state index in [0.717, 1.165) is 24.3 Å². The molecule has 1 aromatic carbocycles. The van der Waals surface area contributed by atoms with Gasteiger partial charge in [0, 0.05) is 18.3 Å². The predicted octanol–water partition coefficient (Wildman–Crippen LogP) is 3.16. The summed E-state index contributed by atoms with van der Waals surface area (Å²) in [7, 11) is 0. The molecule has 7 heteroatoms. The Bertz CT molecular complexity index is 874. The molecule has 132 valence electrons. The van der Waals surface area contributed by atoms with Gasteiger partial charge in [0.25, 0.3) is 0 Å². The minimum atomic E-state index is 0.104. The van der Waals surface area contributed by atoms with Crippen molar-refractivity contribution in [2.45, 2.75) is 6.42 Å². The molecule has 4 N–H and O–H groups in total. The number of rotatable bonds is 7. The lowest BCUT2D eigenvalue weighted by Crippen LogP contribution is -2.23. The maximum absolute atomic E-state index is 5.70. The van der Waals surface area contributed by atoms with Gasteiger partial charge >= 0.3 is 0 Å². The summed E-state index contributed by atoms with van der Waals surface area (Å²) in [5.41, 5.74) is 9.96. The molecule has 3 aromatic rings. The van der Waals surface area contributed by atoms with E-state index < -0.39 is 0 Å². The molecule has 0 aliphatic rings. The fraction of sp³-hybridized carbons (Fsp3) is 0.105. The number of furan rings is 1. The molecule has 0 bridgehead atoms. The van der Waals surface area contributed by atoms with E-state index >= 15 is 0 Å². The van der Waals surface area contributed by atoms with Crippen LogP contribution < -0.4 is 16.5 Å². The number of nitrogens with one attached hydrogen (secondary N) is 2. The van der Waals surface area contributed by atoms with Gasteiger partial charge < -0.3 is 15.5 Å². The molecule has 2 heterocycles. The summed E-state index contributed by atoms with van der Waals surface area (Å²) in [6, 6.07) is 17.9. The number of nitrogens with zero attached hydrogens (tertiary/aromatic N) is 2. The fourth-order valence-corrected chi connectivity index (χ4v) is 2.41. The fourth-order valence-electron chi connectivity index (χ4n) is 2.36. The summed E-state index contributed by atoms with van der Waals surface area (Å²) >= 11 is 4.67. The quantitative estimate of drug-likeness (QED) is 0.339. The normalized spacial score (nSPS) is 10.8. The van der Waals surface area contributed by atoms with Crippen LogP contribution in [0.3, 0.4) is 0 Å². The van der Waals surface area contributed by atoms with Gasteiger partial charge in [0.15, 0.2) is 5.11 Å². The molecule has 0 spiro atoms. The van der Waals surface area contributed by atoms with E-state index in [-0.39, 0.29) is 5.11 Å². The monoisotopic (exact) mass is 365 g/mol. The highest BCUT2D eigenvalue weighted by Gasteiger charge is 2.04. The highest BCUT2D eigenvalue weighted by Crippen LogP contribution is 2.21. The number of hydrogen-bond donors (Lipinski definition) is 3. The van der Waals surface area contributed by atoms with Crippen molar-refractivity contribution < 1.29 is 4.42 Å². The lowest BCUT2D eigenvalue weighted by Gasteiger charge is -2.06. The lowest BCUT2D eigenvalue weighted by atomic mass is 10.1. The van der Waals surface area contributed by atoms with Gasteiger partial charge in [0.2, 0.25) is 0 Å². The number of anilines is 1. The second-order valence-electron chi connectivity index (χ2n) is 5.53. The molecule has 0 saturated carbocycles. The predicted molar refractivity (Wildman–Crippen MR) is 108 cm³/mol. The zero-order valence-corrected chi connectivity index (χ0v) is 14.9. The molecule has 6 nitrogen and oxygen atoms in total. The second-order valence-corrected chi connectivity index (χ2v) is 5.97. The number of thiocarbonyl (C=S) groups is 1. The number of nitrogens with two attached hydrogens (primary N) is 1. The van der Waals surface area contributed by atoms with Crippen LogP contribution >= 0.6 is 12.2 Å². The van der Waals surface area contributed by atoms with Gasteiger partial charge in [-0.05, 0) is 48.5 Å². The molecule has 0 saturated heterocycles. The Morgan fingerprint density at radius 1 is 1.15 bits per heavy atom. The third-order valence-electron chi connectivity index (χ3n) is 3.60. The Labute approximate surface area is 157 Å². The molecule has 0 atom stereocenters. The summed E-state index contributed by atoms with van der Waals surface area (Å²) in [5, 5.41) is 7.28. The van der Waals surface area contributed by atoms with Crippen LogP contribution in [0.1, 0.15) is 11.3 Å². The molecule has 26 heavy (non-hydrogen) atoms. The smallest absolute Gasteiger partial charge is 0.184 e. The van der Waals surface area contributed by atoms with Gasteiger partial charge in [-0.25, -0.2) is 4.98 Å². The summed E-state index contributed by atoms with van der Waals surface area (Å²) in [5.74, 6) is 2.14. The maximum atomic E-state index is 5.70. The van der Waals surface area contributed by atoms with Crippen molar-refractivity contribution in [2.24, 2.45) is 10.8 Å². The third kappa shape index (κ3) is 5.15. The van der Waals surface area contributed by atoms with Gasteiger partial charge in [0.05, 0.1) is 6.21 Å². The topological polar surface area (TPSA) is 88.5 Å². The van der Waals surface area contributed by atoms with Gasteiger partial charge in [-0.15, -0.1) is 0 Å². The molecule has 0 aliphatic carbocycles. The summed E-state index contributed by atoms with van der Waals surface area (Å²) < 4.78 is 5.70. The molecule has 2 aromatic heterocycles. The first-order valence-electron chi connectivity index (χ1n) is 8.13. The number of hydrogen-bond acceptors (Lipinski definition) is 5. The molecule has 3 rings (SSSR count). The molecule has 0 fully saturated rings. The van der Waals surface area contributed by atoms with E-state index in [1.54, 1.807) is 6.20 Å². The van der Waals surface area contributed by atoms with Crippen molar-refractivity contribution in [2.75, 3.05) is 11.9 Å². The van der Waals surface area contributed by atoms with Gasteiger partial charge in [0.1, 0.15) is 17.3 Å². The van der Waals surface area contributed by atoms with E-state index in [1.807, 2.05) is 42.5 Å². The van der Waals surface area contributed by atoms with Crippen molar-refractivity contribution in [3.05, 3.63) is 72.1 Å². The highest BCUT2D eigenvalue weighted by molar-refractivity contribution is 7.80. The summed E-state index contributed by atoms with van der Waals surface area (Å²) in [4.78, 5) is 4.43. The first-order valence-corrected chi connectivity index (χ1v) is 8.54. The van der Waals surface area contributed by atoms with Crippen LogP contribution in [0.15, 0.2) is 70.3 Å². The van der Waals surface area contributed by atoms with Crippen LogP contribution in [-0.4, -0.2) is 22.9 Å². The average molecular weight is 365 g/mol. The van der Waals surface area contributed by atoms with Crippen LogP contribution in [0, 0.1) is 0 Å². The Hall–Kier alpha value is -3.19. The Morgan fingerprint density at radius 3 is 2.73 bits per heavy atom. The van der Waals surface area contributed by atoms with Crippen LogP contribution in [-0.2, 0) is 6.42 Å². The standard InChI is InChI=1S/C19H19N5OS/c20-19(26)24-23-13-16-7-8-17(25-16)15-6-9-18(22-12-15)21-11-10-14-4-2-1-3-5-14/h1-9,12-13H,10-11H2,(H,21,22)(H3,20,24,26). The van der Waals surface area contributed by atoms with E-state index in [9.17, 15) is 0 Å². The first kappa shape index (κ1) is 17.6. The minimum absolute atomic E-state index is 0.104. The van der Waals surface area contributed by atoms with E-state index in [2.05, 4.69) is 45.2 Å². The second kappa shape index (κ2) is 8.77. The largest absolute Gasteiger partial charge is 0.455 e. The SMILES string of the molecule is NC(=S)NN=Cc1ccc(-c2ccc(NCCc3ccccc3)nc2)o1. The molecule has 0 radical (unpaired) electrons. The third-order valence-corrected chi connectivity index (χ3v) is 3.70. The average Bonchev–Trinajstić information content (AvgIpc) is 3.12. The van der Waals surface area contributed by atoms with E-state index in [1.165, 1.54) is 11.8 Å². The molecule has 0 unspecified atom stereocenters. The molecular formula is C19H19N5OS. The minimum Gasteiger partial charge on any atom is -0.455 e. The number of pyridine rings is 1. The van der Waals surface area contributed by atoms with Gasteiger partial charge in [-0.1, -0.05) is 30.3 Å². The van der Waals surface area contributed by atoms with Crippen LogP contribution in [0.2, 0.25) is 0 Å². The van der Waals surface area contributed by atoms with Crippen LogP contribution in [0.25, 0.3) is 11.3 Å². The molecular weight excluding hydrogens is 346 g/mol. The Morgan fingerprint density at radius 2 is 2.00 bits per heavy atom. The zero-order chi connectivity index (χ0) is 18.2. The molecule has 0 aliphatic heterocycles. The number of hydrazone groups is 1. The Kier molecular flexibility index (Phi) is 5.95. The Balaban J connectivity index is 1.55. The first-order chi connectivity index (χ1) is 12.7. The number of benzene rings is 1. The van der Waals surface area contributed by atoms with Crippen molar-refractivity contribution in [1.29, 1.82) is 0 Å². The van der Waals surface area contributed by atoms with E-state index in [0.29, 0.717) is 11.5 Å². The van der Waals surface area contributed by atoms with Gasteiger partial charge in [-0.3, -0.25) is 5.43 Å². The summed E-state index contributed by atoms with van der Waals surface area (Å²) in [6.07, 6.45) is 4.24. The summed E-state index contributed by atoms with van der Waals surface area (Å²) in [6.45, 7) is 0.827. The number of aromatic nitrogens is 1. The lowest BCUT2D eigenvalue weighted by molar-refractivity contribution is 0.574. The van der Waals surface area contributed by atoms with Crippen molar-refractivity contribution in [3.8, 4) is 11.3 Å². The van der Waals surface area contributed by atoms with Crippen LogP contribution in [0.5, 0.6) is 0 Å². The van der Waals surface area contributed by atoms with Crippen molar-refractivity contribution >= 4 is 29.4 Å². The van der Waals surface area contributed by atoms with E-state index in [4.69, 9.17) is 10.2 Å². The van der Waals surface area contributed by atoms with Gasteiger partial charge in [-0.2, -0.15) is 5.10 Å². The van der Waals surface area contributed by atoms with Crippen LogP contribution in [0.4, 0.5) is 5.82 Å².